The molecule has 0 saturated heterocycles. The fourth-order valence-corrected chi connectivity index (χ4v) is 2.12. The largest absolute Gasteiger partial charge is 0.270 e. The van der Waals surface area contributed by atoms with Crippen LogP contribution < -0.4 is 0 Å². The number of hydrogen-bond donors (Lipinski definition) is 0. The molecule has 3 nitrogen and oxygen atoms in total. The molecule has 0 bridgehead atoms. The lowest BCUT2D eigenvalue weighted by molar-refractivity contribution is 0.546. The van der Waals surface area contributed by atoms with Gasteiger partial charge in [0.1, 0.15) is 0 Å². The summed E-state index contributed by atoms with van der Waals surface area (Å²) >= 11 is 0. The van der Waals surface area contributed by atoms with E-state index in [1.54, 1.807) is 24.3 Å². The Morgan fingerprint density at radius 1 is 1.18 bits per heavy atom. The zero-order chi connectivity index (χ0) is 13.1. The van der Waals surface area contributed by atoms with Crippen LogP contribution in [0.4, 0.5) is 0 Å². The Balaban J connectivity index is 3.04. The summed E-state index contributed by atoms with van der Waals surface area (Å²) in [5.74, 6) is 2.97. The van der Waals surface area contributed by atoms with E-state index >= 15 is 0 Å². The second kappa shape index (κ2) is 5.24. The maximum atomic E-state index is 12.1. The minimum absolute atomic E-state index is 0.144. The van der Waals surface area contributed by atoms with Crippen molar-refractivity contribution in [2.45, 2.75) is 25.7 Å². The Hall–Kier alpha value is -1.47. The van der Waals surface area contributed by atoms with Gasteiger partial charge in [0.15, 0.2) is 0 Å². The average molecular weight is 251 g/mol. The highest BCUT2D eigenvalue weighted by atomic mass is 32.2. The number of sulfonamides is 1. The van der Waals surface area contributed by atoms with Crippen LogP contribution in [0.1, 0.15) is 19.4 Å². The van der Waals surface area contributed by atoms with Crippen LogP contribution in [-0.2, 0) is 10.0 Å². The molecule has 0 N–H and O–H groups in total. The van der Waals surface area contributed by atoms with Crippen LogP contribution in [0.3, 0.4) is 0 Å². The monoisotopic (exact) mass is 251 g/mol. The zero-order valence-electron chi connectivity index (χ0n) is 10.6. The van der Waals surface area contributed by atoms with Gasteiger partial charge >= 0.3 is 0 Å². The topological polar surface area (TPSA) is 37.4 Å². The normalized spacial score (nSPS) is 10.9. The maximum Gasteiger partial charge on any atom is 0.270 e. The van der Waals surface area contributed by atoms with Gasteiger partial charge in [-0.05, 0) is 19.1 Å². The van der Waals surface area contributed by atoms with E-state index in [9.17, 15) is 8.42 Å². The molecule has 92 valence electrons. The Labute approximate surface area is 104 Å². The van der Waals surface area contributed by atoms with Crippen LogP contribution in [0.5, 0.6) is 0 Å². The lowest BCUT2D eigenvalue weighted by Crippen LogP contribution is -2.22. The standard InChI is InChI=1S/C13H17NO2S/c1-11(2)9-10-14(4)17(15,16)13-7-5-12(3)6-8-13/h5-8,11H,1-4H3. The van der Waals surface area contributed by atoms with Gasteiger partial charge in [-0.3, -0.25) is 0 Å². The van der Waals surface area contributed by atoms with Crippen molar-refractivity contribution in [3.8, 4) is 12.0 Å². The maximum absolute atomic E-state index is 12.1. The van der Waals surface area contributed by atoms with Gasteiger partial charge in [-0.2, -0.15) is 0 Å². The van der Waals surface area contributed by atoms with Crippen LogP contribution in [-0.4, -0.2) is 19.8 Å². The second-order valence-electron chi connectivity index (χ2n) is 4.20. The number of hydrogen-bond acceptors (Lipinski definition) is 2. The molecule has 1 aromatic carbocycles. The number of nitrogens with zero attached hydrogens (tertiary/aromatic N) is 1. The fraction of sp³-hybridized carbons (Fsp3) is 0.385. The van der Waals surface area contributed by atoms with Gasteiger partial charge in [0.25, 0.3) is 10.0 Å². The number of rotatable bonds is 2. The molecule has 1 aromatic rings. The van der Waals surface area contributed by atoms with Crippen molar-refractivity contribution in [3.63, 3.8) is 0 Å². The Kier molecular flexibility index (Phi) is 4.19. The molecule has 0 radical (unpaired) electrons. The first-order chi connectivity index (χ1) is 7.84. The lowest BCUT2D eigenvalue weighted by atomic mass is 10.2. The molecule has 0 atom stereocenters. The SMILES string of the molecule is Cc1ccc(S(=O)(=O)N(C)C#CC(C)C)cc1. The third kappa shape index (κ3) is 3.50. The summed E-state index contributed by atoms with van der Waals surface area (Å²) in [6, 6.07) is 9.37. The van der Waals surface area contributed by atoms with Crippen molar-refractivity contribution >= 4 is 10.0 Å². The van der Waals surface area contributed by atoms with E-state index in [0.29, 0.717) is 0 Å². The predicted molar refractivity (Wildman–Crippen MR) is 68.7 cm³/mol. The van der Waals surface area contributed by atoms with E-state index in [4.69, 9.17) is 0 Å². The smallest absolute Gasteiger partial charge is 0.228 e. The summed E-state index contributed by atoms with van der Waals surface area (Å²) in [4.78, 5) is 0.267. The van der Waals surface area contributed by atoms with Crippen LogP contribution in [0.2, 0.25) is 0 Å². The molecular formula is C13H17NO2S. The summed E-state index contributed by atoms with van der Waals surface area (Å²) in [6.07, 6.45) is 0. The summed E-state index contributed by atoms with van der Waals surface area (Å²) in [6.45, 7) is 5.75. The van der Waals surface area contributed by atoms with Gasteiger partial charge in [-0.1, -0.05) is 37.5 Å². The molecule has 0 aliphatic carbocycles. The van der Waals surface area contributed by atoms with Gasteiger partial charge < -0.3 is 0 Å². The molecule has 1 rings (SSSR count). The summed E-state index contributed by atoms with van der Waals surface area (Å²) in [5, 5.41) is 0. The van der Waals surface area contributed by atoms with Crippen LogP contribution >= 0.6 is 0 Å². The fourth-order valence-electron chi connectivity index (χ4n) is 1.15. The van der Waals surface area contributed by atoms with Gasteiger partial charge in [0, 0.05) is 19.0 Å². The highest BCUT2D eigenvalue weighted by molar-refractivity contribution is 7.89. The average Bonchev–Trinajstić information content (AvgIpc) is 2.26. The molecule has 0 fully saturated rings. The third-order valence-corrected chi connectivity index (χ3v) is 3.87. The van der Waals surface area contributed by atoms with Gasteiger partial charge in [-0.25, -0.2) is 12.7 Å². The first kappa shape index (κ1) is 13.6. The zero-order valence-corrected chi connectivity index (χ0v) is 11.4. The quantitative estimate of drug-likeness (QED) is 0.597. The second-order valence-corrected chi connectivity index (χ2v) is 6.17. The molecule has 0 aromatic heterocycles. The molecule has 4 heteroatoms. The van der Waals surface area contributed by atoms with Crippen molar-refractivity contribution in [2.24, 2.45) is 5.92 Å². The van der Waals surface area contributed by atoms with Gasteiger partial charge in [0.2, 0.25) is 0 Å². The minimum Gasteiger partial charge on any atom is -0.228 e. The lowest BCUT2D eigenvalue weighted by Gasteiger charge is -2.12. The highest BCUT2D eigenvalue weighted by Gasteiger charge is 2.17. The number of benzene rings is 1. The minimum atomic E-state index is -3.49. The van der Waals surface area contributed by atoms with Gasteiger partial charge in [0.05, 0.1) is 4.90 Å². The van der Waals surface area contributed by atoms with Crippen LogP contribution in [0.25, 0.3) is 0 Å². The van der Waals surface area contributed by atoms with Crippen molar-refractivity contribution in [1.82, 2.24) is 4.31 Å². The Bertz CT molecular complexity index is 533. The Morgan fingerprint density at radius 2 is 1.71 bits per heavy atom. The Morgan fingerprint density at radius 3 is 2.18 bits per heavy atom. The van der Waals surface area contributed by atoms with Crippen molar-refractivity contribution < 1.29 is 8.42 Å². The third-order valence-electron chi connectivity index (χ3n) is 2.19. The van der Waals surface area contributed by atoms with E-state index in [0.717, 1.165) is 9.87 Å². The highest BCUT2D eigenvalue weighted by Crippen LogP contribution is 2.14. The summed E-state index contributed by atoms with van der Waals surface area (Å²) in [5.41, 5.74) is 1.03. The van der Waals surface area contributed by atoms with Gasteiger partial charge in [-0.15, -0.1) is 0 Å². The molecule has 0 aliphatic rings. The predicted octanol–water partition coefficient (Wildman–Crippen LogP) is 2.23. The van der Waals surface area contributed by atoms with Crippen molar-refractivity contribution in [2.75, 3.05) is 7.05 Å². The molecule has 0 amide bonds. The van der Waals surface area contributed by atoms with E-state index in [1.807, 2.05) is 20.8 Å². The van der Waals surface area contributed by atoms with Crippen LogP contribution in [0.15, 0.2) is 29.2 Å². The number of aryl methyl sites for hydroxylation is 1. The molecule has 0 heterocycles. The summed E-state index contributed by atoms with van der Waals surface area (Å²) in [7, 11) is -2.03. The van der Waals surface area contributed by atoms with Crippen molar-refractivity contribution in [1.29, 1.82) is 0 Å². The molecule has 0 spiro atoms. The molecule has 17 heavy (non-hydrogen) atoms. The van der Waals surface area contributed by atoms with E-state index in [2.05, 4.69) is 12.0 Å². The molecule has 0 saturated carbocycles. The van der Waals surface area contributed by atoms with Crippen LogP contribution in [0, 0.1) is 24.8 Å². The van der Waals surface area contributed by atoms with E-state index in [-0.39, 0.29) is 10.8 Å². The van der Waals surface area contributed by atoms with Crippen molar-refractivity contribution in [3.05, 3.63) is 29.8 Å². The molecular weight excluding hydrogens is 234 g/mol. The van der Waals surface area contributed by atoms with E-state index in [1.165, 1.54) is 7.05 Å². The molecule has 0 aliphatic heterocycles. The molecule has 0 unspecified atom stereocenters. The summed E-state index contributed by atoms with van der Waals surface area (Å²) < 4.78 is 25.2. The first-order valence-electron chi connectivity index (χ1n) is 5.41. The first-order valence-corrected chi connectivity index (χ1v) is 6.85. The van der Waals surface area contributed by atoms with E-state index < -0.39 is 10.0 Å².